The molecule has 0 fully saturated rings. The Morgan fingerprint density at radius 3 is 2.00 bits per heavy atom. The summed E-state index contributed by atoms with van der Waals surface area (Å²) in [4.78, 5) is 24.9. The van der Waals surface area contributed by atoms with Crippen molar-refractivity contribution in [1.29, 1.82) is 0 Å². The maximum Gasteiger partial charge on any atom is 0.255 e. The number of nitrogens with one attached hydrogen (secondary N) is 2. The zero-order chi connectivity index (χ0) is 22.6. The fourth-order valence-corrected chi connectivity index (χ4v) is 3.37. The lowest BCUT2D eigenvalue weighted by Crippen LogP contribution is -2.23. The largest absolute Gasteiger partial charge is 0.348 e. The van der Waals surface area contributed by atoms with Crippen LogP contribution in [-0.4, -0.2) is 11.8 Å². The molecule has 0 aliphatic rings. The molecule has 0 bridgehead atoms. The van der Waals surface area contributed by atoms with Crippen molar-refractivity contribution in [3.8, 4) is 0 Å². The fraction of sp³-hybridized carbons (Fsp3) is 0.231. The van der Waals surface area contributed by atoms with Gasteiger partial charge >= 0.3 is 0 Å². The van der Waals surface area contributed by atoms with Gasteiger partial charge in [0.25, 0.3) is 11.8 Å². The molecule has 2 N–H and O–H groups in total. The summed E-state index contributed by atoms with van der Waals surface area (Å²) in [7, 11) is 0. The molecule has 0 spiro atoms. The molecule has 0 radical (unpaired) electrons. The van der Waals surface area contributed by atoms with Gasteiger partial charge in [-0.1, -0.05) is 56.6 Å². The minimum atomic E-state index is -0.194. The Hall–Kier alpha value is -3.11. The average Bonchev–Trinajstić information content (AvgIpc) is 2.74. The van der Waals surface area contributed by atoms with Gasteiger partial charge in [-0.25, -0.2) is 0 Å². The summed E-state index contributed by atoms with van der Waals surface area (Å²) in [6.07, 6.45) is 0. The summed E-state index contributed by atoms with van der Waals surface area (Å²) >= 11 is 5.96. The standard InChI is InChI=1S/C26H27ClN2O2/c1-17-15-22(27)13-14-23(17)29-25(31)20-7-5-18(6-8-20)16-28-24(30)19-9-11-21(12-10-19)26(2,3)4/h5-15H,16H2,1-4H3,(H,28,30)(H,29,31). The molecule has 0 saturated heterocycles. The molecule has 3 aromatic carbocycles. The minimum Gasteiger partial charge on any atom is -0.348 e. The van der Waals surface area contributed by atoms with Crippen LogP contribution in [0.1, 0.15) is 58.2 Å². The van der Waals surface area contributed by atoms with Gasteiger partial charge in [-0.15, -0.1) is 0 Å². The SMILES string of the molecule is Cc1cc(Cl)ccc1NC(=O)c1ccc(CNC(=O)c2ccc(C(C)(C)C)cc2)cc1. The van der Waals surface area contributed by atoms with Gasteiger partial charge in [0.15, 0.2) is 0 Å². The molecular formula is C26H27ClN2O2. The summed E-state index contributed by atoms with van der Waals surface area (Å²) in [5, 5.41) is 6.45. The molecule has 3 aromatic rings. The lowest BCUT2D eigenvalue weighted by Gasteiger charge is -2.19. The van der Waals surface area contributed by atoms with Crippen molar-refractivity contribution in [2.24, 2.45) is 0 Å². The highest BCUT2D eigenvalue weighted by molar-refractivity contribution is 6.30. The molecule has 0 aliphatic carbocycles. The summed E-state index contributed by atoms with van der Waals surface area (Å²) in [5.74, 6) is -0.319. The highest BCUT2D eigenvalue weighted by Crippen LogP contribution is 2.22. The molecule has 31 heavy (non-hydrogen) atoms. The van der Waals surface area contributed by atoms with Crippen LogP contribution in [0, 0.1) is 6.92 Å². The van der Waals surface area contributed by atoms with Gasteiger partial charge < -0.3 is 10.6 Å². The number of hydrogen-bond acceptors (Lipinski definition) is 2. The van der Waals surface area contributed by atoms with Crippen LogP contribution in [0.3, 0.4) is 0 Å². The predicted molar refractivity (Wildman–Crippen MR) is 127 cm³/mol. The van der Waals surface area contributed by atoms with E-state index < -0.39 is 0 Å². The molecule has 0 unspecified atom stereocenters. The average molecular weight is 435 g/mol. The summed E-state index contributed by atoms with van der Waals surface area (Å²) < 4.78 is 0. The Morgan fingerprint density at radius 2 is 1.42 bits per heavy atom. The Labute approximate surface area is 188 Å². The van der Waals surface area contributed by atoms with Crippen LogP contribution < -0.4 is 10.6 Å². The number of amides is 2. The van der Waals surface area contributed by atoms with E-state index in [9.17, 15) is 9.59 Å². The molecule has 0 aliphatic heterocycles. The van der Waals surface area contributed by atoms with E-state index in [1.54, 1.807) is 30.3 Å². The smallest absolute Gasteiger partial charge is 0.255 e. The number of carbonyl (C=O) groups is 2. The number of anilines is 1. The van der Waals surface area contributed by atoms with Crippen LogP contribution in [-0.2, 0) is 12.0 Å². The van der Waals surface area contributed by atoms with Gasteiger partial charge in [-0.05, 0) is 71.5 Å². The van der Waals surface area contributed by atoms with E-state index in [4.69, 9.17) is 11.6 Å². The third kappa shape index (κ3) is 5.96. The van der Waals surface area contributed by atoms with Crippen molar-refractivity contribution in [2.45, 2.75) is 39.7 Å². The van der Waals surface area contributed by atoms with Crippen LogP contribution in [0.25, 0.3) is 0 Å². The minimum absolute atomic E-state index is 0.0509. The molecule has 2 amide bonds. The lowest BCUT2D eigenvalue weighted by molar-refractivity contribution is 0.0949. The lowest BCUT2D eigenvalue weighted by atomic mass is 9.87. The highest BCUT2D eigenvalue weighted by Gasteiger charge is 2.14. The maximum absolute atomic E-state index is 12.5. The van der Waals surface area contributed by atoms with E-state index in [2.05, 4.69) is 31.4 Å². The Kier molecular flexibility index (Phi) is 6.81. The molecule has 0 atom stereocenters. The molecule has 0 aromatic heterocycles. The van der Waals surface area contributed by atoms with Crippen molar-refractivity contribution < 1.29 is 9.59 Å². The van der Waals surface area contributed by atoms with Gasteiger partial charge in [0.2, 0.25) is 0 Å². The first kappa shape index (κ1) is 22.6. The van der Waals surface area contributed by atoms with Crippen molar-refractivity contribution in [1.82, 2.24) is 5.32 Å². The fourth-order valence-electron chi connectivity index (χ4n) is 3.14. The van der Waals surface area contributed by atoms with Crippen LogP contribution >= 0.6 is 11.6 Å². The second kappa shape index (κ2) is 9.36. The van der Waals surface area contributed by atoms with Crippen LogP contribution in [0.4, 0.5) is 5.69 Å². The Balaban J connectivity index is 1.57. The first-order valence-corrected chi connectivity index (χ1v) is 10.6. The number of rotatable bonds is 5. The number of aryl methyl sites for hydroxylation is 1. The molecule has 160 valence electrons. The van der Waals surface area contributed by atoms with Gasteiger partial charge in [0.1, 0.15) is 0 Å². The molecule has 3 rings (SSSR count). The quantitative estimate of drug-likeness (QED) is 0.507. The summed E-state index contributed by atoms with van der Waals surface area (Å²) in [6, 6.07) is 20.2. The first-order chi connectivity index (χ1) is 14.6. The van der Waals surface area contributed by atoms with Crippen molar-refractivity contribution in [3.05, 3.63) is 99.6 Å². The second-order valence-electron chi connectivity index (χ2n) is 8.62. The Bertz CT molecular complexity index is 1080. The van der Waals surface area contributed by atoms with E-state index in [1.807, 2.05) is 43.3 Å². The van der Waals surface area contributed by atoms with Crippen LogP contribution in [0.2, 0.25) is 5.02 Å². The molecule has 4 nitrogen and oxygen atoms in total. The van der Waals surface area contributed by atoms with Crippen molar-refractivity contribution in [3.63, 3.8) is 0 Å². The molecule has 0 saturated carbocycles. The molecule has 0 heterocycles. The molecule has 5 heteroatoms. The molecular weight excluding hydrogens is 408 g/mol. The van der Waals surface area contributed by atoms with Crippen LogP contribution in [0.5, 0.6) is 0 Å². The highest BCUT2D eigenvalue weighted by atomic mass is 35.5. The zero-order valence-electron chi connectivity index (χ0n) is 18.3. The van der Waals surface area contributed by atoms with E-state index >= 15 is 0 Å². The third-order valence-corrected chi connectivity index (χ3v) is 5.35. The normalized spacial score (nSPS) is 11.1. The van der Waals surface area contributed by atoms with Gasteiger partial charge in [0, 0.05) is 28.4 Å². The monoisotopic (exact) mass is 434 g/mol. The van der Waals surface area contributed by atoms with Crippen LogP contribution in [0.15, 0.2) is 66.7 Å². The maximum atomic E-state index is 12.5. The van der Waals surface area contributed by atoms with E-state index in [1.165, 1.54) is 5.56 Å². The van der Waals surface area contributed by atoms with E-state index in [0.29, 0.717) is 22.7 Å². The van der Waals surface area contributed by atoms with E-state index in [-0.39, 0.29) is 17.2 Å². The topological polar surface area (TPSA) is 58.2 Å². The van der Waals surface area contributed by atoms with E-state index in [0.717, 1.165) is 16.8 Å². The van der Waals surface area contributed by atoms with Gasteiger partial charge in [0.05, 0.1) is 0 Å². The first-order valence-electron chi connectivity index (χ1n) is 10.2. The van der Waals surface area contributed by atoms with Crippen molar-refractivity contribution >= 4 is 29.1 Å². The Morgan fingerprint density at radius 1 is 0.839 bits per heavy atom. The predicted octanol–water partition coefficient (Wildman–Crippen LogP) is 6.13. The third-order valence-electron chi connectivity index (χ3n) is 5.12. The number of hydrogen-bond donors (Lipinski definition) is 2. The number of halogens is 1. The summed E-state index contributed by atoms with van der Waals surface area (Å²) in [5.41, 5.74) is 4.95. The number of benzene rings is 3. The second-order valence-corrected chi connectivity index (χ2v) is 9.06. The van der Waals surface area contributed by atoms with Gasteiger partial charge in [-0.2, -0.15) is 0 Å². The van der Waals surface area contributed by atoms with Crippen molar-refractivity contribution in [2.75, 3.05) is 5.32 Å². The van der Waals surface area contributed by atoms with Gasteiger partial charge in [-0.3, -0.25) is 9.59 Å². The number of carbonyl (C=O) groups excluding carboxylic acids is 2. The zero-order valence-corrected chi connectivity index (χ0v) is 19.0. The summed E-state index contributed by atoms with van der Waals surface area (Å²) in [6.45, 7) is 8.70.